The quantitative estimate of drug-likeness (QED) is 0.854. The molecule has 1 aliphatic carbocycles. The summed E-state index contributed by atoms with van der Waals surface area (Å²) in [5.41, 5.74) is 1.70. The number of nitrogens with zero attached hydrogens (tertiary/aromatic N) is 1. The largest absolute Gasteiger partial charge is 0.497 e. The summed E-state index contributed by atoms with van der Waals surface area (Å²) in [4.78, 5) is 28.0. The van der Waals surface area contributed by atoms with Crippen molar-refractivity contribution in [3.63, 3.8) is 0 Å². The van der Waals surface area contributed by atoms with Crippen LogP contribution in [0.5, 0.6) is 5.75 Å². The van der Waals surface area contributed by atoms with Crippen molar-refractivity contribution < 1.29 is 14.3 Å². The van der Waals surface area contributed by atoms with Crippen molar-refractivity contribution in [2.45, 2.75) is 32.1 Å². The summed E-state index contributed by atoms with van der Waals surface area (Å²) >= 11 is 0. The Morgan fingerprint density at radius 2 is 1.82 bits per heavy atom. The van der Waals surface area contributed by atoms with Gasteiger partial charge in [0.05, 0.1) is 12.5 Å². The highest BCUT2D eigenvalue weighted by Gasteiger charge is 2.50. The summed E-state index contributed by atoms with van der Waals surface area (Å²) in [7, 11) is 1.61. The molecule has 1 atom stereocenters. The monoisotopic (exact) mass is 376 g/mol. The molecule has 0 spiro atoms. The average molecular weight is 376 g/mol. The maximum atomic E-state index is 13.4. The Hall–Kier alpha value is -3.08. The van der Waals surface area contributed by atoms with Crippen molar-refractivity contribution in [1.29, 1.82) is 0 Å². The van der Waals surface area contributed by atoms with Crippen LogP contribution in [0.3, 0.4) is 0 Å². The number of para-hydroxylation sites is 1. The first-order chi connectivity index (χ1) is 13.6. The van der Waals surface area contributed by atoms with E-state index < -0.39 is 5.41 Å². The highest BCUT2D eigenvalue weighted by Crippen LogP contribution is 2.48. The summed E-state index contributed by atoms with van der Waals surface area (Å²) in [6, 6.07) is 16.9. The molecule has 2 aromatic rings. The predicted octanol–water partition coefficient (Wildman–Crippen LogP) is 4.51. The normalized spacial score (nSPS) is 21.5. The molecule has 144 valence electrons. The number of rotatable bonds is 4. The van der Waals surface area contributed by atoms with E-state index in [-0.39, 0.29) is 11.8 Å². The van der Waals surface area contributed by atoms with Crippen LogP contribution in [0.2, 0.25) is 0 Å². The first-order valence-corrected chi connectivity index (χ1v) is 9.68. The highest BCUT2D eigenvalue weighted by molar-refractivity contribution is 6.05. The number of anilines is 2. The van der Waals surface area contributed by atoms with Gasteiger partial charge in [-0.1, -0.05) is 24.3 Å². The van der Waals surface area contributed by atoms with Crippen LogP contribution in [0.25, 0.3) is 0 Å². The second-order valence-electron chi connectivity index (χ2n) is 7.31. The molecule has 0 bridgehead atoms. The fraction of sp³-hybridized carbons (Fsp3) is 0.304. The highest BCUT2D eigenvalue weighted by atomic mass is 16.5. The predicted molar refractivity (Wildman–Crippen MR) is 109 cm³/mol. The van der Waals surface area contributed by atoms with Crippen LogP contribution in [-0.2, 0) is 9.59 Å². The summed E-state index contributed by atoms with van der Waals surface area (Å²) in [6.45, 7) is 0. The van der Waals surface area contributed by atoms with Gasteiger partial charge in [-0.3, -0.25) is 14.5 Å². The maximum Gasteiger partial charge on any atom is 0.236 e. The molecule has 1 fully saturated rings. The van der Waals surface area contributed by atoms with E-state index >= 15 is 0 Å². The topological polar surface area (TPSA) is 58.6 Å². The number of allylic oxidation sites excluding steroid dienone is 1. The molecule has 2 amide bonds. The van der Waals surface area contributed by atoms with Gasteiger partial charge in [0.1, 0.15) is 5.75 Å². The van der Waals surface area contributed by atoms with Crippen LogP contribution < -0.4 is 15.0 Å². The molecule has 0 radical (unpaired) electrons. The zero-order valence-corrected chi connectivity index (χ0v) is 16.0. The van der Waals surface area contributed by atoms with Crippen LogP contribution in [-0.4, -0.2) is 18.9 Å². The Morgan fingerprint density at radius 1 is 1.07 bits per heavy atom. The van der Waals surface area contributed by atoms with Gasteiger partial charge in [0.25, 0.3) is 0 Å². The molecule has 1 heterocycles. The van der Waals surface area contributed by atoms with E-state index in [0.29, 0.717) is 12.8 Å². The lowest BCUT2D eigenvalue weighted by Crippen LogP contribution is -2.51. The van der Waals surface area contributed by atoms with Crippen molar-refractivity contribution in [1.82, 2.24) is 0 Å². The summed E-state index contributed by atoms with van der Waals surface area (Å²) in [5.74, 6) is 0.747. The molecule has 5 heteroatoms. The average Bonchev–Trinajstić information content (AvgIpc) is 2.75. The van der Waals surface area contributed by atoms with Crippen LogP contribution in [0.15, 0.2) is 66.4 Å². The van der Waals surface area contributed by atoms with Crippen LogP contribution in [0, 0.1) is 5.41 Å². The number of benzene rings is 2. The van der Waals surface area contributed by atoms with Crippen molar-refractivity contribution in [2.24, 2.45) is 5.41 Å². The minimum absolute atomic E-state index is 0.0444. The number of piperidine rings is 1. The van der Waals surface area contributed by atoms with Crippen molar-refractivity contribution in [3.05, 3.63) is 66.4 Å². The van der Waals surface area contributed by atoms with Crippen LogP contribution in [0.4, 0.5) is 11.4 Å². The number of hydrogen-bond donors (Lipinski definition) is 1. The van der Waals surface area contributed by atoms with Gasteiger partial charge in [0, 0.05) is 23.5 Å². The Labute approximate surface area is 165 Å². The van der Waals surface area contributed by atoms with Crippen LogP contribution in [0.1, 0.15) is 32.1 Å². The lowest BCUT2D eigenvalue weighted by atomic mass is 9.69. The standard InChI is InChI=1S/C23H24N2O3/c1-28-19-12-10-17(11-13-19)24-22(27)23-15-6-5-9-20(23)25(21(26)14-16-23)18-7-3-2-4-8-18/h2-4,7-13H,5-6,14-16H2,1H3,(H,24,27). The molecule has 4 rings (SSSR count). The summed E-state index contributed by atoms with van der Waals surface area (Å²) < 4.78 is 5.18. The van der Waals surface area contributed by atoms with E-state index in [9.17, 15) is 9.59 Å². The zero-order chi connectivity index (χ0) is 19.6. The smallest absolute Gasteiger partial charge is 0.236 e. The van der Waals surface area contributed by atoms with E-state index in [1.54, 1.807) is 12.0 Å². The van der Waals surface area contributed by atoms with E-state index in [1.165, 1.54) is 0 Å². The molecule has 2 aromatic carbocycles. The second kappa shape index (κ2) is 7.50. The lowest BCUT2D eigenvalue weighted by Gasteiger charge is -2.45. The van der Waals surface area contributed by atoms with Gasteiger partial charge in [-0.25, -0.2) is 0 Å². The molecular formula is C23H24N2O3. The van der Waals surface area contributed by atoms with E-state index in [2.05, 4.69) is 11.4 Å². The first-order valence-electron chi connectivity index (χ1n) is 9.68. The molecule has 2 aliphatic rings. The number of nitrogens with one attached hydrogen (secondary N) is 1. The Bertz CT molecular complexity index is 905. The molecule has 1 N–H and O–H groups in total. The summed E-state index contributed by atoms with van der Waals surface area (Å²) in [5, 5.41) is 3.07. The van der Waals surface area contributed by atoms with Gasteiger partial charge in [-0.05, 0) is 62.1 Å². The molecule has 1 unspecified atom stereocenters. The number of fused-ring (bicyclic) bond motifs is 1. The third-order valence-corrected chi connectivity index (χ3v) is 5.69. The van der Waals surface area contributed by atoms with Crippen molar-refractivity contribution in [3.8, 4) is 5.75 Å². The second-order valence-corrected chi connectivity index (χ2v) is 7.31. The fourth-order valence-corrected chi connectivity index (χ4v) is 4.22. The van der Waals surface area contributed by atoms with Crippen LogP contribution >= 0.6 is 0 Å². The fourth-order valence-electron chi connectivity index (χ4n) is 4.22. The van der Waals surface area contributed by atoms with Crippen molar-refractivity contribution in [2.75, 3.05) is 17.3 Å². The number of methoxy groups -OCH3 is 1. The Morgan fingerprint density at radius 3 is 2.54 bits per heavy atom. The summed E-state index contributed by atoms with van der Waals surface area (Å²) in [6.07, 6.45) is 5.55. The van der Waals surface area contributed by atoms with Gasteiger partial charge in [-0.15, -0.1) is 0 Å². The molecule has 0 aromatic heterocycles. The number of ether oxygens (including phenoxy) is 1. The number of amides is 2. The minimum atomic E-state index is -0.679. The number of carbonyl (C=O) groups excluding carboxylic acids is 2. The van der Waals surface area contributed by atoms with E-state index in [0.717, 1.165) is 42.1 Å². The van der Waals surface area contributed by atoms with Gasteiger partial charge < -0.3 is 10.1 Å². The molecule has 5 nitrogen and oxygen atoms in total. The zero-order valence-electron chi connectivity index (χ0n) is 16.0. The molecule has 1 aliphatic heterocycles. The van der Waals surface area contributed by atoms with Gasteiger partial charge in [0.15, 0.2) is 0 Å². The Kier molecular flexibility index (Phi) is 4.90. The molecule has 0 saturated carbocycles. The van der Waals surface area contributed by atoms with Gasteiger partial charge >= 0.3 is 0 Å². The third-order valence-electron chi connectivity index (χ3n) is 5.69. The van der Waals surface area contributed by atoms with Gasteiger partial charge in [-0.2, -0.15) is 0 Å². The van der Waals surface area contributed by atoms with Gasteiger partial charge in [0.2, 0.25) is 11.8 Å². The Balaban J connectivity index is 1.67. The molecule has 1 saturated heterocycles. The SMILES string of the molecule is COc1ccc(NC(=O)C23CCCC=C2N(c2ccccc2)C(=O)CC3)cc1. The molecule has 28 heavy (non-hydrogen) atoms. The minimum Gasteiger partial charge on any atom is -0.497 e. The molecular weight excluding hydrogens is 352 g/mol. The third kappa shape index (κ3) is 3.17. The number of hydrogen-bond acceptors (Lipinski definition) is 3. The number of carbonyl (C=O) groups is 2. The first kappa shape index (κ1) is 18.3. The van der Waals surface area contributed by atoms with Crippen molar-refractivity contribution >= 4 is 23.2 Å². The van der Waals surface area contributed by atoms with E-state index in [4.69, 9.17) is 4.74 Å². The lowest BCUT2D eigenvalue weighted by molar-refractivity contribution is -0.128. The van der Waals surface area contributed by atoms with E-state index in [1.807, 2.05) is 54.6 Å². The maximum absolute atomic E-state index is 13.4.